The van der Waals surface area contributed by atoms with Crippen LogP contribution in [0.15, 0.2) is 6.33 Å². The number of Topliss-reactive ketones (excluding diaryl/α,β-unsaturated/α-hetero) is 1. The second-order valence-corrected chi connectivity index (χ2v) is 1.97. The number of aromatic amines is 1. The van der Waals surface area contributed by atoms with Crippen molar-refractivity contribution in [3.8, 4) is 0 Å². The number of nitrogens with zero attached hydrogens (tertiary/aromatic N) is 1. The molecular weight excluding hydrogens is 148 g/mol. The van der Waals surface area contributed by atoms with Gasteiger partial charge in [-0.15, -0.1) is 0 Å². The number of rotatable bonds is 2. The van der Waals surface area contributed by atoms with E-state index in [9.17, 15) is 4.79 Å². The molecule has 6 nitrogen and oxygen atoms in total. The maximum Gasteiger partial charge on any atom is 0.225 e. The van der Waals surface area contributed by atoms with Crippen LogP contribution in [0.4, 0.5) is 5.82 Å². The number of aromatic nitrogens is 2. The van der Waals surface area contributed by atoms with E-state index in [1.165, 1.54) is 6.33 Å². The summed E-state index contributed by atoms with van der Waals surface area (Å²) in [5.74, 6) is -0.625. The van der Waals surface area contributed by atoms with Gasteiger partial charge >= 0.3 is 0 Å². The summed E-state index contributed by atoms with van der Waals surface area (Å²) in [7, 11) is 0. The highest BCUT2D eigenvalue weighted by Crippen LogP contribution is 2.05. The van der Waals surface area contributed by atoms with Gasteiger partial charge in [0.05, 0.1) is 6.33 Å². The van der Waals surface area contributed by atoms with E-state index in [0.717, 1.165) is 0 Å². The predicted molar refractivity (Wildman–Crippen MR) is 37.5 cm³/mol. The van der Waals surface area contributed by atoms with Crippen LogP contribution in [0, 0.1) is 0 Å². The summed E-state index contributed by atoms with van der Waals surface area (Å²) < 4.78 is 0. The number of aliphatic hydroxyl groups is 1. The van der Waals surface area contributed by atoms with Crippen molar-refractivity contribution in [2.75, 3.05) is 5.73 Å². The molecule has 0 aliphatic carbocycles. The summed E-state index contributed by atoms with van der Waals surface area (Å²) in [5, 5.41) is 8.64. The van der Waals surface area contributed by atoms with E-state index in [-0.39, 0.29) is 11.5 Å². The molecule has 1 atom stereocenters. The number of hydrogen-bond acceptors (Lipinski definition) is 5. The molecule has 0 radical (unpaired) electrons. The fourth-order valence-electron chi connectivity index (χ4n) is 0.650. The van der Waals surface area contributed by atoms with E-state index in [4.69, 9.17) is 16.6 Å². The lowest BCUT2D eigenvalue weighted by Crippen LogP contribution is -2.30. The number of imidazole rings is 1. The third kappa shape index (κ3) is 1.36. The summed E-state index contributed by atoms with van der Waals surface area (Å²) in [6, 6.07) is 0. The zero-order chi connectivity index (χ0) is 8.43. The smallest absolute Gasteiger partial charge is 0.225 e. The number of anilines is 1. The Morgan fingerprint density at radius 2 is 2.45 bits per heavy atom. The van der Waals surface area contributed by atoms with Gasteiger partial charge in [0.15, 0.2) is 12.0 Å². The van der Waals surface area contributed by atoms with Crippen LogP contribution in [-0.4, -0.2) is 27.1 Å². The molecule has 1 unspecified atom stereocenters. The van der Waals surface area contributed by atoms with E-state index in [0.29, 0.717) is 0 Å². The van der Waals surface area contributed by atoms with Gasteiger partial charge < -0.3 is 15.8 Å². The van der Waals surface area contributed by atoms with Gasteiger partial charge in [-0.2, -0.15) is 0 Å². The molecule has 0 aromatic carbocycles. The van der Waals surface area contributed by atoms with Gasteiger partial charge in [0.1, 0.15) is 5.69 Å². The molecule has 0 amide bonds. The van der Waals surface area contributed by atoms with Crippen molar-refractivity contribution < 1.29 is 9.90 Å². The van der Waals surface area contributed by atoms with Gasteiger partial charge in [0, 0.05) is 0 Å². The van der Waals surface area contributed by atoms with Crippen molar-refractivity contribution in [1.82, 2.24) is 9.97 Å². The number of carbonyl (C=O) groups is 1. The minimum atomic E-state index is -1.54. The Morgan fingerprint density at radius 3 is 2.82 bits per heavy atom. The van der Waals surface area contributed by atoms with Crippen molar-refractivity contribution in [3.05, 3.63) is 12.0 Å². The molecule has 0 aliphatic heterocycles. The van der Waals surface area contributed by atoms with Crippen LogP contribution in [0.5, 0.6) is 0 Å². The third-order valence-corrected chi connectivity index (χ3v) is 1.18. The molecule has 0 fully saturated rings. The fourth-order valence-corrected chi connectivity index (χ4v) is 0.650. The predicted octanol–water partition coefficient (Wildman–Crippen LogP) is -1.55. The lowest BCUT2D eigenvalue weighted by molar-refractivity contribution is 0.0755. The molecule has 0 saturated heterocycles. The average Bonchev–Trinajstić information content (AvgIpc) is 2.33. The SMILES string of the molecule is Nc1nc[nH]c1C(=O)C(N)O. The first-order chi connectivity index (χ1) is 5.13. The molecule has 6 heteroatoms. The van der Waals surface area contributed by atoms with Gasteiger partial charge in [0.25, 0.3) is 0 Å². The zero-order valence-electron chi connectivity index (χ0n) is 5.61. The Bertz CT molecular complexity index is 267. The monoisotopic (exact) mass is 156 g/mol. The number of nitrogens with two attached hydrogens (primary N) is 2. The summed E-state index contributed by atoms with van der Waals surface area (Å²) >= 11 is 0. The van der Waals surface area contributed by atoms with E-state index in [1.807, 2.05) is 0 Å². The first-order valence-corrected chi connectivity index (χ1v) is 2.89. The highest BCUT2D eigenvalue weighted by atomic mass is 16.3. The summed E-state index contributed by atoms with van der Waals surface area (Å²) in [5.41, 5.74) is 10.2. The second-order valence-electron chi connectivity index (χ2n) is 1.97. The molecular formula is C5H8N4O2. The highest BCUT2D eigenvalue weighted by molar-refractivity contribution is 6.00. The lowest BCUT2D eigenvalue weighted by atomic mass is 10.2. The molecule has 60 valence electrons. The number of nitrogens with one attached hydrogen (secondary N) is 1. The molecule has 0 aliphatic rings. The Morgan fingerprint density at radius 1 is 1.82 bits per heavy atom. The number of hydrogen-bond donors (Lipinski definition) is 4. The van der Waals surface area contributed by atoms with Crippen molar-refractivity contribution in [2.24, 2.45) is 5.73 Å². The molecule has 0 bridgehead atoms. The number of H-pyrrole nitrogens is 1. The van der Waals surface area contributed by atoms with E-state index < -0.39 is 12.0 Å². The fraction of sp³-hybridized carbons (Fsp3) is 0.200. The van der Waals surface area contributed by atoms with Crippen molar-refractivity contribution >= 4 is 11.6 Å². The average molecular weight is 156 g/mol. The van der Waals surface area contributed by atoms with Crippen molar-refractivity contribution in [3.63, 3.8) is 0 Å². The number of ketones is 1. The summed E-state index contributed by atoms with van der Waals surface area (Å²) in [6.45, 7) is 0. The largest absolute Gasteiger partial charge is 0.382 e. The van der Waals surface area contributed by atoms with E-state index in [1.54, 1.807) is 0 Å². The molecule has 0 spiro atoms. The Labute approximate surface area is 62.2 Å². The first-order valence-electron chi connectivity index (χ1n) is 2.89. The molecule has 1 aromatic heterocycles. The Hall–Kier alpha value is -1.40. The molecule has 1 aromatic rings. The van der Waals surface area contributed by atoms with Crippen molar-refractivity contribution in [1.29, 1.82) is 0 Å². The van der Waals surface area contributed by atoms with Gasteiger partial charge in [0.2, 0.25) is 5.78 Å². The maximum absolute atomic E-state index is 10.9. The highest BCUT2D eigenvalue weighted by Gasteiger charge is 2.16. The quantitative estimate of drug-likeness (QED) is 0.305. The third-order valence-electron chi connectivity index (χ3n) is 1.18. The normalized spacial score (nSPS) is 12.9. The second kappa shape index (κ2) is 2.69. The summed E-state index contributed by atoms with van der Waals surface area (Å²) in [6.07, 6.45) is -0.289. The van der Waals surface area contributed by atoms with E-state index >= 15 is 0 Å². The Balaban J connectivity index is 2.93. The van der Waals surface area contributed by atoms with Crippen molar-refractivity contribution in [2.45, 2.75) is 6.23 Å². The summed E-state index contributed by atoms with van der Waals surface area (Å²) in [4.78, 5) is 16.9. The van der Waals surface area contributed by atoms with Gasteiger partial charge in [-0.05, 0) is 0 Å². The first kappa shape index (κ1) is 7.70. The molecule has 0 saturated carbocycles. The van der Waals surface area contributed by atoms with Crippen LogP contribution in [0.25, 0.3) is 0 Å². The molecule has 1 rings (SSSR count). The minimum absolute atomic E-state index is 0.0412. The number of carbonyl (C=O) groups excluding carboxylic acids is 1. The van der Waals surface area contributed by atoms with Gasteiger partial charge in [-0.3, -0.25) is 10.5 Å². The van der Waals surface area contributed by atoms with Crippen LogP contribution in [0.1, 0.15) is 10.5 Å². The van der Waals surface area contributed by atoms with Gasteiger partial charge in [-0.1, -0.05) is 0 Å². The van der Waals surface area contributed by atoms with Gasteiger partial charge in [-0.25, -0.2) is 4.98 Å². The standard InChI is InChI=1S/C5H8N4O2/c6-4-2(8-1-9-4)3(10)5(7)11/h1,5,11H,6-7H2,(H,8,9). The molecule has 11 heavy (non-hydrogen) atoms. The van der Waals surface area contributed by atoms with Crippen LogP contribution < -0.4 is 11.5 Å². The van der Waals surface area contributed by atoms with Crippen LogP contribution in [-0.2, 0) is 0 Å². The molecule has 1 heterocycles. The van der Waals surface area contributed by atoms with Crippen LogP contribution in [0.2, 0.25) is 0 Å². The van der Waals surface area contributed by atoms with E-state index in [2.05, 4.69) is 9.97 Å². The topological polar surface area (TPSA) is 118 Å². The molecule has 6 N–H and O–H groups in total. The number of nitrogen functional groups attached to an aromatic ring is 1. The maximum atomic E-state index is 10.9. The zero-order valence-corrected chi connectivity index (χ0v) is 5.61. The minimum Gasteiger partial charge on any atom is -0.382 e. The number of aliphatic hydroxyl groups excluding tert-OH is 1. The van der Waals surface area contributed by atoms with Crippen LogP contribution in [0.3, 0.4) is 0 Å². The Kier molecular flexibility index (Phi) is 1.88. The van der Waals surface area contributed by atoms with Crippen LogP contribution >= 0.6 is 0 Å². The lowest BCUT2D eigenvalue weighted by Gasteiger charge is -1.99.